The van der Waals surface area contributed by atoms with Crippen molar-refractivity contribution in [3.63, 3.8) is 0 Å². The van der Waals surface area contributed by atoms with Gasteiger partial charge in [0.05, 0.1) is 24.5 Å². The Morgan fingerprint density at radius 1 is 1.14 bits per heavy atom. The molecule has 4 fully saturated rings. The summed E-state index contributed by atoms with van der Waals surface area (Å²) in [4.78, 5) is 38.0. The van der Waals surface area contributed by atoms with E-state index in [0.717, 1.165) is 43.8 Å². The molecule has 178 valence electrons. The van der Waals surface area contributed by atoms with E-state index in [1.165, 1.54) is 6.20 Å². The second kappa shape index (κ2) is 8.56. The highest BCUT2D eigenvalue weighted by Crippen LogP contribution is 2.56. The van der Waals surface area contributed by atoms with Crippen LogP contribution in [-0.4, -0.2) is 63.7 Å². The van der Waals surface area contributed by atoms with Crippen LogP contribution < -0.4 is 10.9 Å². The summed E-state index contributed by atoms with van der Waals surface area (Å²) in [5.41, 5.74) is 2.17. The van der Waals surface area contributed by atoms with Gasteiger partial charge in [-0.15, -0.1) is 0 Å². The summed E-state index contributed by atoms with van der Waals surface area (Å²) >= 11 is 0. The zero-order valence-electron chi connectivity index (χ0n) is 19.4. The van der Waals surface area contributed by atoms with E-state index in [4.69, 9.17) is 10.00 Å². The highest BCUT2D eigenvalue weighted by Gasteiger charge is 2.57. The summed E-state index contributed by atoms with van der Waals surface area (Å²) < 4.78 is 7.06. The fraction of sp³-hybridized carbons (Fsp3) is 0.423. The van der Waals surface area contributed by atoms with Gasteiger partial charge < -0.3 is 10.1 Å². The van der Waals surface area contributed by atoms with Gasteiger partial charge in [0, 0.05) is 55.1 Å². The highest BCUT2D eigenvalue weighted by molar-refractivity contribution is 5.98. The third kappa shape index (κ3) is 3.99. The number of nitrogens with one attached hydrogen (secondary N) is 1. The number of fused-ring (bicyclic) bond motifs is 1. The summed E-state index contributed by atoms with van der Waals surface area (Å²) in [6, 6.07) is 9.10. The molecule has 4 aliphatic rings. The van der Waals surface area contributed by atoms with Crippen LogP contribution in [0.5, 0.6) is 0 Å². The van der Waals surface area contributed by atoms with E-state index in [1.807, 2.05) is 6.07 Å². The second-order valence-electron chi connectivity index (χ2n) is 9.86. The van der Waals surface area contributed by atoms with E-state index < -0.39 is 0 Å². The van der Waals surface area contributed by atoms with Crippen LogP contribution in [0.25, 0.3) is 22.3 Å². The largest absolute Gasteiger partial charge is 0.379 e. The molecule has 35 heavy (non-hydrogen) atoms. The van der Waals surface area contributed by atoms with Crippen LogP contribution in [0.15, 0.2) is 41.5 Å². The van der Waals surface area contributed by atoms with Crippen LogP contribution in [0, 0.1) is 17.2 Å². The van der Waals surface area contributed by atoms with Gasteiger partial charge in [-0.3, -0.25) is 24.0 Å². The Morgan fingerprint density at radius 2 is 1.94 bits per heavy atom. The van der Waals surface area contributed by atoms with E-state index in [9.17, 15) is 9.59 Å². The quantitative estimate of drug-likeness (QED) is 0.586. The lowest BCUT2D eigenvalue weighted by Gasteiger charge is -2.61. The Bertz CT molecular complexity index is 1380. The standard InChI is InChI=1S/C26H26N6O3/c27-14-17-1-2-22(28-15-17)20-9-19-10-21(24(33)30-26-11-18(12-26)13-26)25(34)32(23(19)29-16-20)4-3-31-5-7-35-8-6-31/h1-2,9-10,15-16,18H,3-8,11-13H2,(H,30,33). The molecule has 1 N–H and O–H groups in total. The Hall–Kier alpha value is -3.61. The monoisotopic (exact) mass is 470 g/mol. The molecule has 9 nitrogen and oxygen atoms in total. The van der Waals surface area contributed by atoms with Gasteiger partial charge >= 0.3 is 0 Å². The molecule has 7 rings (SSSR count). The topological polar surface area (TPSA) is 113 Å². The number of carbonyl (C=O) groups excluding carboxylic acids is 1. The van der Waals surface area contributed by atoms with Crippen LogP contribution >= 0.6 is 0 Å². The number of ether oxygens (including phenoxy) is 1. The van der Waals surface area contributed by atoms with E-state index >= 15 is 0 Å². The van der Waals surface area contributed by atoms with Crippen LogP contribution in [-0.2, 0) is 11.3 Å². The highest BCUT2D eigenvalue weighted by atomic mass is 16.5. The van der Waals surface area contributed by atoms with Gasteiger partial charge in [-0.1, -0.05) is 0 Å². The minimum atomic E-state index is -0.313. The lowest BCUT2D eigenvalue weighted by Crippen LogP contribution is -2.68. The van der Waals surface area contributed by atoms with E-state index in [1.54, 1.807) is 29.0 Å². The van der Waals surface area contributed by atoms with Gasteiger partial charge in [0.1, 0.15) is 17.3 Å². The second-order valence-corrected chi connectivity index (χ2v) is 9.86. The minimum absolute atomic E-state index is 0.117. The number of hydrogen-bond donors (Lipinski definition) is 1. The molecule has 0 spiro atoms. The van der Waals surface area contributed by atoms with Crippen molar-refractivity contribution in [3.8, 4) is 17.3 Å². The molecule has 1 saturated heterocycles. The number of aromatic nitrogens is 3. The van der Waals surface area contributed by atoms with Crippen LogP contribution in [0.4, 0.5) is 0 Å². The third-order valence-corrected chi connectivity index (χ3v) is 7.52. The summed E-state index contributed by atoms with van der Waals surface area (Å²) in [5, 5.41) is 12.9. The fourth-order valence-electron chi connectivity index (χ4n) is 5.41. The Balaban J connectivity index is 1.38. The van der Waals surface area contributed by atoms with Gasteiger partial charge in [-0.05, 0) is 49.4 Å². The number of pyridine rings is 3. The Morgan fingerprint density at radius 3 is 2.60 bits per heavy atom. The number of rotatable bonds is 6. The van der Waals surface area contributed by atoms with Crippen molar-refractivity contribution in [2.45, 2.75) is 31.3 Å². The van der Waals surface area contributed by atoms with Crippen molar-refractivity contribution >= 4 is 16.9 Å². The SMILES string of the molecule is N#Cc1ccc(-c2cnc3c(c2)cc(C(=O)NC24CC(C2)C4)c(=O)n3CCN2CCOCC2)nc1. The van der Waals surface area contributed by atoms with Gasteiger partial charge in [-0.2, -0.15) is 5.26 Å². The maximum Gasteiger partial charge on any atom is 0.265 e. The maximum atomic E-state index is 13.5. The van der Waals surface area contributed by atoms with Gasteiger partial charge in [0.2, 0.25) is 0 Å². The maximum absolute atomic E-state index is 13.5. The first-order valence-electron chi connectivity index (χ1n) is 12.1. The van der Waals surface area contributed by atoms with Crippen molar-refractivity contribution in [1.82, 2.24) is 24.8 Å². The molecular weight excluding hydrogens is 444 g/mol. The average molecular weight is 471 g/mol. The number of nitriles is 1. The summed E-state index contributed by atoms with van der Waals surface area (Å²) in [5.74, 6) is 0.417. The molecule has 0 atom stereocenters. The molecule has 0 radical (unpaired) electrons. The van der Waals surface area contributed by atoms with E-state index in [2.05, 4.69) is 26.3 Å². The molecule has 0 unspecified atom stereocenters. The minimum Gasteiger partial charge on any atom is -0.379 e. The van der Waals surface area contributed by atoms with Gasteiger partial charge in [-0.25, -0.2) is 4.98 Å². The van der Waals surface area contributed by atoms with E-state index in [-0.39, 0.29) is 22.6 Å². The molecule has 3 saturated carbocycles. The van der Waals surface area contributed by atoms with Gasteiger partial charge in [0.25, 0.3) is 11.5 Å². The lowest BCUT2D eigenvalue weighted by molar-refractivity contribution is -0.0439. The number of nitrogens with zero attached hydrogens (tertiary/aromatic N) is 5. The molecule has 0 aromatic carbocycles. The molecule has 4 heterocycles. The van der Waals surface area contributed by atoms with Crippen molar-refractivity contribution in [3.05, 3.63) is 58.1 Å². The molecule has 3 aliphatic carbocycles. The summed E-state index contributed by atoms with van der Waals surface area (Å²) in [6.07, 6.45) is 6.23. The van der Waals surface area contributed by atoms with Crippen LogP contribution in [0.3, 0.4) is 0 Å². The van der Waals surface area contributed by atoms with Crippen LogP contribution in [0.1, 0.15) is 35.2 Å². The Labute approximate surface area is 202 Å². The van der Waals surface area contributed by atoms with Crippen molar-refractivity contribution in [2.75, 3.05) is 32.8 Å². The molecular formula is C26H26N6O3. The predicted octanol–water partition coefficient (Wildman–Crippen LogP) is 1.94. The zero-order chi connectivity index (χ0) is 24.0. The molecule has 3 aromatic rings. The molecule has 1 amide bonds. The first-order valence-corrected chi connectivity index (χ1v) is 12.1. The van der Waals surface area contributed by atoms with E-state index in [0.29, 0.717) is 48.6 Å². The molecule has 2 bridgehead atoms. The number of morpholine rings is 1. The zero-order valence-corrected chi connectivity index (χ0v) is 19.4. The molecule has 9 heteroatoms. The number of amides is 1. The lowest BCUT2D eigenvalue weighted by atomic mass is 9.50. The average Bonchev–Trinajstić information content (AvgIpc) is 2.85. The summed E-state index contributed by atoms with van der Waals surface area (Å²) in [6.45, 7) is 4.11. The third-order valence-electron chi connectivity index (χ3n) is 7.52. The first-order chi connectivity index (χ1) is 17.0. The fourth-order valence-corrected chi connectivity index (χ4v) is 5.41. The Kier molecular flexibility index (Phi) is 5.35. The first kappa shape index (κ1) is 21.9. The van der Waals surface area contributed by atoms with Crippen molar-refractivity contribution in [1.29, 1.82) is 5.26 Å². The van der Waals surface area contributed by atoms with Crippen LogP contribution in [0.2, 0.25) is 0 Å². The van der Waals surface area contributed by atoms with Gasteiger partial charge in [0.15, 0.2) is 0 Å². The molecule has 1 aliphatic heterocycles. The van der Waals surface area contributed by atoms with Crippen molar-refractivity contribution < 1.29 is 9.53 Å². The molecule has 3 aromatic heterocycles. The smallest absolute Gasteiger partial charge is 0.265 e. The number of hydrogen-bond acceptors (Lipinski definition) is 7. The number of carbonyl (C=O) groups is 1. The normalized spacial score (nSPS) is 23.2. The predicted molar refractivity (Wildman–Crippen MR) is 129 cm³/mol. The van der Waals surface area contributed by atoms with Crippen molar-refractivity contribution in [2.24, 2.45) is 5.92 Å². The summed E-state index contributed by atoms with van der Waals surface area (Å²) in [7, 11) is 0.